The van der Waals surface area contributed by atoms with Gasteiger partial charge in [0.05, 0.1) is 0 Å². The first kappa shape index (κ1) is 19.7. The highest BCUT2D eigenvalue weighted by atomic mass is 16.6. The average molecular weight is 324 g/mol. The lowest BCUT2D eigenvalue weighted by molar-refractivity contribution is -0.154. The monoisotopic (exact) mass is 324 g/mol. The molecule has 1 aliphatic carbocycles. The summed E-state index contributed by atoms with van der Waals surface area (Å²) in [7, 11) is 0. The van der Waals surface area contributed by atoms with Crippen molar-refractivity contribution in [2.45, 2.75) is 78.2 Å². The third kappa shape index (κ3) is 7.67. The molecule has 0 bridgehead atoms. The number of esters is 1. The average Bonchev–Trinajstić information content (AvgIpc) is 2.46. The minimum atomic E-state index is -1.14. The second-order valence-electron chi connectivity index (χ2n) is 7.62. The zero-order chi connectivity index (χ0) is 17.5. The minimum Gasteiger partial charge on any atom is -0.478 e. The zero-order valence-corrected chi connectivity index (χ0v) is 15.0. The summed E-state index contributed by atoms with van der Waals surface area (Å²) in [5.41, 5.74) is -0.504. The Labute approximate surface area is 140 Å². The van der Waals surface area contributed by atoms with Crippen LogP contribution in [0, 0.1) is 17.8 Å². The highest BCUT2D eigenvalue weighted by Gasteiger charge is 2.32. The van der Waals surface area contributed by atoms with Crippen LogP contribution in [-0.2, 0) is 14.3 Å². The molecule has 1 saturated carbocycles. The highest BCUT2D eigenvalue weighted by Crippen LogP contribution is 2.38. The van der Waals surface area contributed by atoms with E-state index in [1.807, 2.05) is 13.8 Å². The Morgan fingerprint density at radius 2 is 1.74 bits per heavy atom. The van der Waals surface area contributed by atoms with Gasteiger partial charge in [0.15, 0.2) is 0 Å². The summed E-state index contributed by atoms with van der Waals surface area (Å²) in [5.74, 6) is 0.508. The maximum absolute atomic E-state index is 11.8. The van der Waals surface area contributed by atoms with Crippen LogP contribution in [-0.4, -0.2) is 22.6 Å². The first-order valence-corrected chi connectivity index (χ1v) is 8.88. The van der Waals surface area contributed by atoms with E-state index in [1.54, 1.807) is 0 Å². The summed E-state index contributed by atoms with van der Waals surface area (Å²) in [6.07, 6.45) is 9.70. The Kier molecular flexibility index (Phi) is 7.80. The molecule has 1 fully saturated rings. The first-order valence-electron chi connectivity index (χ1n) is 8.88. The van der Waals surface area contributed by atoms with Crippen LogP contribution in [0.1, 0.15) is 72.6 Å². The number of hydrogen-bond donors (Lipinski definition) is 1. The third-order valence-electron chi connectivity index (χ3n) is 4.95. The lowest BCUT2D eigenvalue weighted by Crippen LogP contribution is -2.34. The topological polar surface area (TPSA) is 63.6 Å². The Hall–Kier alpha value is -1.32. The molecule has 0 saturated heterocycles. The van der Waals surface area contributed by atoms with Gasteiger partial charge in [0.25, 0.3) is 0 Å². The highest BCUT2D eigenvalue weighted by molar-refractivity contribution is 5.90. The molecule has 0 heterocycles. The number of carboxylic acid groups (broad SMARTS) is 1. The molecular formula is C19H32O4. The van der Waals surface area contributed by atoms with Gasteiger partial charge < -0.3 is 9.84 Å². The van der Waals surface area contributed by atoms with Crippen molar-refractivity contribution < 1.29 is 19.4 Å². The van der Waals surface area contributed by atoms with Crippen LogP contribution in [0.25, 0.3) is 0 Å². The first-order chi connectivity index (χ1) is 10.7. The van der Waals surface area contributed by atoms with E-state index < -0.39 is 17.5 Å². The Bertz CT molecular complexity index is 419. The molecule has 0 radical (unpaired) electrons. The standard InChI is InChI=1S/C19H32O4/c1-5-19(4,23-18(22)11-10-17(20)21)13-16-8-6-15(7-9-16)12-14(2)3/h10-11,14-16H,5-9,12-13H2,1-4H3,(H,20,21)/b11-10+. The normalized spacial score (nSPS) is 24.6. The summed E-state index contributed by atoms with van der Waals surface area (Å²) in [5, 5.41) is 8.57. The smallest absolute Gasteiger partial charge is 0.331 e. The number of carbonyl (C=O) groups excluding carboxylic acids is 1. The van der Waals surface area contributed by atoms with Crippen molar-refractivity contribution in [3.8, 4) is 0 Å². The molecule has 1 rings (SSSR count). The second kappa shape index (κ2) is 9.09. The van der Waals surface area contributed by atoms with E-state index in [2.05, 4.69) is 13.8 Å². The summed E-state index contributed by atoms with van der Waals surface area (Å²) >= 11 is 0. The van der Waals surface area contributed by atoms with E-state index in [4.69, 9.17) is 9.84 Å². The van der Waals surface area contributed by atoms with Crippen molar-refractivity contribution >= 4 is 11.9 Å². The van der Waals surface area contributed by atoms with E-state index in [-0.39, 0.29) is 0 Å². The lowest BCUT2D eigenvalue weighted by atomic mass is 9.74. The molecule has 1 unspecified atom stereocenters. The number of carboxylic acids is 1. The van der Waals surface area contributed by atoms with Crippen LogP contribution in [0.2, 0.25) is 0 Å². The van der Waals surface area contributed by atoms with Gasteiger partial charge in [-0.25, -0.2) is 9.59 Å². The molecule has 4 nitrogen and oxygen atoms in total. The molecule has 0 aliphatic heterocycles. The van der Waals surface area contributed by atoms with E-state index in [0.717, 1.165) is 36.8 Å². The van der Waals surface area contributed by atoms with Gasteiger partial charge in [-0.2, -0.15) is 0 Å². The predicted octanol–water partition coefficient (Wildman–Crippen LogP) is 4.58. The van der Waals surface area contributed by atoms with Crippen LogP contribution in [0.15, 0.2) is 12.2 Å². The Balaban J connectivity index is 2.49. The van der Waals surface area contributed by atoms with Crippen molar-refractivity contribution in [1.29, 1.82) is 0 Å². The zero-order valence-electron chi connectivity index (χ0n) is 15.0. The molecule has 23 heavy (non-hydrogen) atoms. The lowest BCUT2D eigenvalue weighted by Gasteiger charge is -2.36. The Morgan fingerprint density at radius 3 is 2.22 bits per heavy atom. The fraction of sp³-hybridized carbons (Fsp3) is 0.789. The fourth-order valence-electron chi connectivity index (χ4n) is 3.62. The maximum atomic E-state index is 11.8. The van der Waals surface area contributed by atoms with Gasteiger partial charge in [-0.3, -0.25) is 0 Å². The van der Waals surface area contributed by atoms with Crippen molar-refractivity contribution in [2.75, 3.05) is 0 Å². The molecule has 0 aromatic carbocycles. The maximum Gasteiger partial charge on any atom is 0.331 e. The summed E-state index contributed by atoms with van der Waals surface area (Å²) in [6.45, 7) is 8.53. The van der Waals surface area contributed by atoms with E-state index in [0.29, 0.717) is 5.92 Å². The molecule has 1 aliphatic rings. The van der Waals surface area contributed by atoms with Crippen molar-refractivity contribution in [1.82, 2.24) is 0 Å². The van der Waals surface area contributed by atoms with E-state index in [9.17, 15) is 9.59 Å². The molecule has 0 amide bonds. The van der Waals surface area contributed by atoms with Crippen LogP contribution >= 0.6 is 0 Å². The minimum absolute atomic E-state index is 0.504. The third-order valence-corrected chi connectivity index (χ3v) is 4.95. The molecule has 1 N–H and O–H groups in total. The second-order valence-corrected chi connectivity index (χ2v) is 7.62. The van der Waals surface area contributed by atoms with E-state index in [1.165, 1.54) is 32.1 Å². The summed E-state index contributed by atoms with van der Waals surface area (Å²) < 4.78 is 5.54. The van der Waals surface area contributed by atoms with Crippen LogP contribution in [0.5, 0.6) is 0 Å². The Morgan fingerprint density at radius 1 is 1.17 bits per heavy atom. The molecule has 132 valence electrons. The molecule has 0 spiro atoms. The largest absolute Gasteiger partial charge is 0.478 e. The number of hydrogen-bond acceptors (Lipinski definition) is 3. The van der Waals surface area contributed by atoms with Crippen LogP contribution in [0.4, 0.5) is 0 Å². The number of aliphatic carboxylic acids is 1. The van der Waals surface area contributed by atoms with Crippen molar-refractivity contribution in [2.24, 2.45) is 17.8 Å². The molecule has 0 aromatic rings. The van der Waals surface area contributed by atoms with Crippen molar-refractivity contribution in [3.63, 3.8) is 0 Å². The van der Waals surface area contributed by atoms with Gasteiger partial charge in [-0.1, -0.05) is 46.5 Å². The number of ether oxygens (including phenoxy) is 1. The quantitative estimate of drug-likeness (QED) is 0.524. The van der Waals surface area contributed by atoms with Crippen molar-refractivity contribution in [3.05, 3.63) is 12.2 Å². The number of carbonyl (C=O) groups is 2. The summed E-state index contributed by atoms with van der Waals surface area (Å²) in [4.78, 5) is 22.2. The molecule has 1 atom stereocenters. The van der Waals surface area contributed by atoms with Gasteiger partial charge in [0.2, 0.25) is 0 Å². The fourth-order valence-corrected chi connectivity index (χ4v) is 3.62. The van der Waals surface area contributed by atoms with Gasteiger partial charge in [0, 0.05) is 12.2 Å². The molecular weight excluding hydrogens is 292 g/mol. The SMILES string of the molecule is CCC(C)(CC1CCC(CC(C)C)CC1)OC(=O)/C=C/C(=O)O. The van der Waals surface area contributed by atoms with Gasteiger partial charge in [0.1, 0.15) is 5.60 Å². The number of rotatable bonds is 8. The predicted molar refractivity (Wildman–Crippen MR) is 91.1 cm³/mol. The summed E-state index contributed by atoms with van der Waals surface area (Å²) in [6, 6.07) is 0. The van der Waals surface area contributed by atoms with Crippen LogP contribution in [0.3, 0.4) is 0 Å². The molecule has 0 aromatic heterocycles. The van der Waals surface area contributed by atoms with E-state index >= 15 is 0 Å². The van der Waals surface area contributed by atoms with Gasteiger partial charge in [-0.15, -0.1) is 0 Å². The molecule has 4 heteroatoms. The van der Waals surface area contributed by atoms with Crippen LogP contribution < -0.4 is 0 Å². The van der Waals surface area contributed by atoms with Gasteiger partial charge >= 0.3 is 11.9 Å². The van der Waals surface area contributed by atoms with Gasteiger partial charge in [-0.05, 0) is 43.9 Å².